The Balaban J connectivity index is 3.28. The summed E-state index contributed by atoms with van der Waals surface area (Å²) in [6, 6.07) is 5.41. The van der Waals surface area contributed by atoms with Gasteiger partial charge in [-0.1, -0.05) is 19.9 Å². The number of nitrogens with zero attached hydrogens (tertiary/aromatic N) is 1. The zero-order valence-electron chi connectivity index (χ0n) is 13.1. The molecule has 0 heterocycles. The van der Waals surface area contributed by atoms with E-state index in [1.807, 2.05) is 33.9 Å². The van der Waals surface area contributed by atoms with Crippen LogP contribution in [0.5, 0.6) is 0 Å². The molecule has 114 valence electrons. The van der Waals surface area contributed by atoms with Crippen molar-refractivity contribution in [2.75, 3.05) is 13.6 Å². The molecule has 1 rings (SSSR count). The summed E-state index contributed by atoms with van der Waals surface area (Å²) in [5, 5.41) is 3.09. The first-order valence-electron chi connectivity index (χ1n) is 7.16. The largest absolute Gasteiger partial charge is 0.316 e. The summed E-state index contributed by atoms with van der Waals surface area (Å²) in [6.45, 7) is 8.91. The molecule has 20 heavy (non-hydrogen) atoms. The van der Waals surface area contributed by atoms with Crippen LogP contribution in [0, 0.1) is 0 Å². The van der Waals surface area contributed by atoms with Crippen LogP contribution in [-0.2, 0) is 23.0 Å². The Morgan fingerprint density at radius 3 is 2.30 bits per heavy atom. The molecule has 0 saturated heterocycles. The molecule has 0 radical (unpaired) electrons. The van der Waals surface area contributed by atoms with E-state index >= 15 is 0 Å². The zero-order valence-corrected chi connectivity index (χ0v) is 13.9. The van der Waals surface area contributed by atoms with Gasteiger partial charge in [-0.15, -0.1) is 0 Å². The minimum Gasteiger partial charge on any atom is -0.316 e. The number of rotatable bonds is 7. The monoisotopic (exact) mass is 298 g/mol. The van der Waals surface area contributed by atoms with Crippen LogP contribution in [0.15, 0.2) is 23.1 Å². The topological polar surface area (TPSA) is 49.4 Å². The molecule has 0 saturated carbocycles. The lowest BCUT2D eigenvalue weighted by Gasteiger charge is -2.25. The van der Waals surface area contributed by atoms with Gasteiger partial charge in [0.2, 0.25) is 10.0 Å². The van der Waals surface area contributed by atoms with Gasteiger partial charge in [0.1, 0.15) is 0 Å². The Kier molecular flexibility index (Phi) is 6.17. The second kappa shape index (κ2) is 7.20. The normalized spacial score (nSPS) is 12.3. The van der Waals surface area contributed by atoms with Crippen molar-refractivity contribution in [3.05, 3.63) is 29.3 Å². The second-order valence-electron chi connectivity index (χ2n) is 5.12. The smallest absolute Gasteiger partial charge is 0.243 e. The van der Waals surface area contributed by atoms with Crippen LogP contribution in [0.2, 0.25) is 0 Å². The van der Waals surface area contributed by atoms with Crippen LogP contribution in [0.25, 0.3) is 0 Å². The van der Waals surface area contributed by atoms with Gasteiger partial charge in [-0.3, -0.25) is 0 Å². The number of aryl methyl sites for hydroxylation is 1. The summed E-state index contributed by atoms with van der Waals surface area (Å²) >= 11 is 0. The highest BCUT2D eigenvalue weighted by atomic mass is 32.2. The lowest BCUT2D eigenvalue weighted by molar-refractivity contribution is 0.369. The Bertz CT molecular complexity index is 539. The maximum atomic E-state index is 12.7. The van der Waals surface area contributed by atoms with Crippen molar-refractivity contribution in [1.29, 1.82) is 0 Å². The van der Waals surface area contributed by atoms with Crippen molar-refractivity contribution in [1.82, 2.24) is 9.62 Å². The van der Waals surface area contributed by atoms with E-state index in [-0.39, 0.29) is 6.04 Å². The summed E-state index contributed by atoms with van der Waals surface area (Å²) in [5.41, 5.74) is 2.24. The molecule has 0 aliphatic carbocycles. The predicted octanol–water partition coefficient (Wildman–Crippen LogP) is 2.39. The molecular weight excluding hydrogens is 272 g/mol. The van der Waals surface area contributed by atoms with E-state index in [4.69, 9.17) is 0 Å². The molecule has 0 unspecified atom stereocenters. The highest BCUT2D eigenvalue weighted by Crippen LogP contribution is 2.21. The van der Waals surface area contributed by atoms with E-state index in [0.717, 1.165) is 12.0 Å². The van der Waals surface area contributed by atoms with Crippen LogP contribution >= 0.6 is 0 Å². The minimum atomic E-state index is -3.41. The van der Waals surface area contributed by atoms with Crippen molar-refractivity contribution in [3.8, 4) is 0 Å². The average molecular weight is 298 g/mol. The summed E-state index contributed by atoms with van der Waals surface area (Å²) in [4.78, 5) is 0.385. The van der Waals surface area contributed by atoms with E-state index in [2.05, 4.69) is 12.2 Å². The van der Waals surface area contributed by atoms with Crippen LogP contribution in [0.3, 0.4) is 0 Å². The average Bonchev–Trinajstić information content (AvgIpc) is 2.39. The Morgan fingerprint density at radius 1 is 1.20 bits per heavy atom. The first kappa shape index (κ1) is 17.1. The fourth-order valence-electron chi connectivity index (χ4n) is 2.41. The van der Waals surface area contributed by atoms with Gasteiger partial charge in [0.05, 0.1) is 4.90 Å². The molecule has 0 aromatic heterocycles. The summed E-state index contributed by atoms with van der Waals surface area (Å²) in [6.07, 6.45) is 0.902. The number of hydrogen-bond acceptors (Lipinski definition) is 3. The lowest BCUT2D eigenvalue weighted by Crippen LogP contribution is -2.36. The predicted molar refractivity (Wildman–Crippen MR) is 83.3 cm³/mol. The maximum Gasteiger partial charge on any atom is 0.243 e. The van der Waals surface area contributed by atoms with E-state index in [1.165, 1.54) is 9.87 Å². The molecule has 0 spiro atoms. The second-order valence-corrected chi connectivity index (χ2v) is 7.01. The molecule has 4 nitrogen and oxygen atoms in total. The van der Waals surface area contributed by atoms with Crippen molar-refractivity contribution < 1.29 is 8.42 Å². The molecule has 0 fully saturated rings. The minimum absolute atomic E-state index is 0.0383. The third-order valence-corrected chi connectivity index (χ3v) is 5.57. The van der Waals surface area contributed by atoms with Gasteiger partial charge in [-0.25, -0.2) is 8.42 Å². The molecule has 0 aliphatic rings. The van der Waals surface area contributed by atoms with Crippen molar-refractivity contribution in [2.45, 2.75) is 51.6 Å². The molecule has 1 aromatic rings. The molecular formula is C15H26N2O2S. The van der Waals surface area contributed by atoms with Crippen LogP contribution in [0.1, 0.15) is 38.8 Å². The van der Waals surface area contributed by atoms with E-state index in [1.54, 1.807) is 12.1 Å². The Hall–Kier alpha value is -0.910. The number of nitrogens with one attached hydrogen (secondary N) is 1. The van der Waals surface area contributed by atoms with E-state index in [0.29, 0.717) is 18.0 Å². The van der Waals surface area contributed by atoms with Gasteiger partial charge in [0.25, 0.3) is 0 Å². The highest BCUT2D eigenvalue weighted by Gasteiger charge is 2.25. The van der Waals surface area contributed by atoms with E-state index < -0.39 is 10.0 Å². The fraction of sp³-hybridized carbons (Fsp3) is 0.600. The van der Waals surface area contributed by atoms with Gasteiger partial charge in [0, 0.05) is 19.1 Å². The standard InChI is InChI=1S/C15H26N2O2S/c1-6-13-8-9-15(10-14(13)11-16-5)20(18,19)17(7-2)12(3)4/h8-10,12,16H,6-7,11H2,1-5H3. The van der Waals surface area contributed by atoms with Crippen LogP contribution in [-0.4, -0.2) is 32.4 Å². The van der Waals surface area contributed by atoms with Gasteiger partial charge in [-0.05, 0) is 50.6 Å². The van der Waals surface area contributed by atoms with Crippen molar-refractivity contribution in [3.63, 3.8) is 0 Å². The summed E-state index contributed by atoms with van der Waals surface area (Å²) in [7, 11) is -1.54. The van der Waals surface area contributed by atoms with E-state index in [9.17, 15) is 8.42 Å². The van der Waals surface area contributed by atoms with Crippen molar-refractivity contribution in [2.24, 2.45) is 0 Å². The molecule has 0 bridgehead atoms. The third kappa shape index (κ3) is 3.59. The zero-order chi connectivity index (χ0) is 15.3. The number of hydrogen-bond donors (Lipinski definition) is 1. The highest BCUT2D eigenvalue weighted by molar-refractivity contribution is 7.89. The van der Waals surface area contributed by atoms with Crippen LogP contribution < -0.4 is 5.32 Å². The fourth-order valence-corrected chi connectivity index (χ4v) is 4.11. The Morgan fingerprint density at radius 2 is 1.85 bits per heavy atom. The van der Waals surface area contributed by atoms with Crippen molar-refractivity contribution >= 4 is 10.0 Å². The summed E-state index contributed by atoms with van der Waals surface area (Å²) in [5.74, 6) is 0. The quantitative estimate of drug-likeness (QED) is 0.841. The van der Waals surface area contributed by atoms with Gasteiger partial charge in [0.15, 0.2) is 0 Å². The third-order valence-electron chi connectivity index (χ3n) is 3.42. The molecule has 0 atom stereocenters. The first-order chi connectivity index (χ1) is 9.38. The molecule has 0 aliphatic heterocycles. The van der Waals surface area contributed by atoms with Gasteiger partial charge >= 0.3 is 0 Å². The number of benzene rings is 1. The van der Waals surface area contributed by atoms with Crippen LogP contribution in [0.4, 0.5) is 0 Å². The van der Waals surface area contributed by atoms with Gasteiger partial charge < -0.3 is 5.32 Å². The molecule has 1 N–H and O–H groups in total. The molecule has 1 aromatic carbocycles. The lowest BCUT2D eigenvalue weighted by atomic mass is 10.1. The van der Waals surface area contributed by atoms with Gasteiger partial charge in [-0.2, -0.15) is 4.31 Å². The maximum absolute atomic E-state index is 12.7. The first-order valence-corrected chi connectivity index (χ1v) is 8.60. The molecule has 0 amide bonds. The Labute approximate surface area is 123 Å². The molecule has 5 heteroatoms. The summed E-state index contributed by atoms with van der Waals surface area (Å²) < 4.78 is 26.9. The SMILES string of the molecule is CCc1ccc(S(=O)(=O)N(CC)C(C)C)cc1CNC. The number of sulfonamides is 1.